The van der Waals surface area contributed by atoms with Crippen molar-refractivity contribution in [3.05, 3.63) is 0 Å². The molecule has 0 heterocycles. The predicted molar refractivity (Wildman–Crippen MR) is 48.8 cm³/mol. The normalized spacial score (nSPS) is 8.50. The summed E-state index contributed by atoms with van der Waals surface area (Å²) < 4.78 is 0. The Morgan fingerprint density at radius 1 is 1.20 bits per heavy atom. The van der Waals surface area contributed by atoms with Crippen LogP contribution in [-0.2, 0) is 0 Å². The van der Waals surface area contributed by atoms with Crippen LogP contribution in [0.2, 0.25) is 0 Å². The van der Waals surface area contributed by atoms with Crippen LogP contribution in [0.1, 0.15) is 47.0 Å². The lowest BCUT2D eigenvalue weighted by Crippen LogP contribution is -1.84. The van der Waals surface area contributed by atoms with Gasteiger partial charge >= 0.3 is 0 Å². The second-order valence-electron chi connectivity index (χ2n) is 2.83. The van der Waals surface area contributed by atoms with Gasteiger partial charge in [0.2, 0.25) is 0 Å². The Labute approximate surface area is 65.3 Å². The van der Waals surface area contributed by atoms with Gasteiger partial charge in [-0.1, -0.05) is 40.5 Å². The Kier molecular flexibility index (Phi) is 14.2. The first-order valence-electron chi connectivity index (χ1n) is 4.17. The molecule has 0 spiro atoms. The maximum absolute atomic E-state index is 6.61. The Bertz CT molecular complexity index is 55.7. The molecular formula is C9H21N. The molecule has 1 heteroatoms. The minimum absolute atomic E-state index is 0.655. The molecule has 0 aromatic heterocycles. The Morgan fingerprint density at radius 2 is 1.60 bits per heavy atom. The van der Waals surface area contributed by atoms with Gasteiger partial charge in [0.15, 0.2) is 0 Å². The van der Waals surface area contributed by atoms with Crippen molar-refractivity contribution >= 4 is 6.21 Å². The average Bonchev–Trinajstić information content (AvgIpc) is 1.89. The zero-order valence-corrected chi connectivity index (χ0v) is 7.78. The van der Waals surface area contributed by atoms with Crippen LogP contribution < -0.4 is 0 Å². The van der Waals surface area contributed by atoms with E-state index < -0.39 is 0 Å². The van der Waals surface area contributed by atoms with Crippen LogP contribution in [0.4, 0.5) is 0 Å². The maximum atomic E-state index is 6.61. The molecule has 0 amide bonds. The van der Waals surface area contributed by atoms with E-state index in [0.717, 1.165) is 6.42 Å². The fourth-order valence-electron chi connectivity index (χ4n) is 0.236. The van der Waals surface area contributed by atoms with E-state index in [-0.39, 0.29) is 0 Å². The van der Waals surface area contributed by atoms with E-state index >= 15 is 0 Å². The Morgan fingerprint density at radius 3 is 1.60 bits per heavy atom. The summed E-state index contributed by atoms with van der Waals surface area (Å²) in [6.07, 6.45) is 5.00. The van der Waals surface area contributed by atoms with Gasteiger partial charge in [-0.15, -0.1) is 0 Å². The third kappa shape index (κ3) is 25.3. The molecule has 0 aliphatic carbocycles. The highest BCUT2D eigenvalue weighted by Gasteiger charge is 1.83. The molecule has 10 heavy (non-hydrogen) atoms. The van der Waals surface area contributed by atoms with Gasteiger partial charge in [0.05, 0.1) is 0 Å². The number of nitrogens with one attached hydrogen (secondary N) is 1. The van der Waals surface area contributed by atoms with Crippen LogP contribution in [0.5, 0.6) is 0 Å². The zero-order valence-electron chi connectivity index (χ0n) is 7.78. The summed E-state index contributed by atoms with van der Waals surface area (Å²) in [6, 6.07) is 0. The van der Waals surface area contributed by atoms with Crippen molar-refractivity contribution < 1.29 is 0 Å². The number of unbranched alkanes of at least 4 members (excludes halogenated alkanes) is 1. The third-order valence-electron chi connectivity index (χ3n) is 1.09. The third-order valence-corrected chi connectivity index (χ3v) is 1.09. The largest absolute Gasteiger partial charge is 0.313 e. The quantitative estimate of drug-likeness (QED) is 0.585. The molecule has 1 N–H and O–H groups in total. The molecule has 0 saturated heterocycles. The first-order valence-corrected chi connectivity index (χ1v) is 4.17. The molecule has 0 aromatic rings. The van der Waals surface area contributed by atoms with E-state index in [0.29, 0.717) is 5.92 Å². The number of rotatable bonds is 3. The van der Waals surface area contributed by atoms with Gasteiger partial charge in [-0.3, -0.25) is 0 Å². The summed E-state index contributed by atoms with van der Waals surface area (Å²) in [5.74, 6) is 0.655. The maximum Gasteiger partial charge on any atom is -0.00452 e. The molecule has 0 aliphatic rings. The van der Waals surface area contributed by atoms with E-state index in [1.807, 2.05) is 0 Å². The molecule has 0 fully saturated rings. The molecule has 0 atom stereocenters. The fourth-order valence-corrected chi connectivity index (χ4v) is 0.236. The standard InChI is InChI=1S/C5H11N.C4H10/c1-5(2)3-4-6;1-3-4-2/h4-6H,3H2,1-2H3;3-4H2,1-2H3. The molecule has 0 saturated carbocycles. The number of hydrogen-bond acceptors (Lipinski definition) is 1. The van der Waals surface area contributed by atoms with E-state index in [1.54, 1.807) is 0 Å². The molecule has 1 nitrogen and oxygen atoms in total. The van der Waals surface area contributed by atoms with Gasteiger partial charge in [0, 0.05) is 0 Å². The average molecular weight is 143 g/mol. The topological polar surface area (TPSA) is 23.9 Å². The summed E-state index contributed by atoms with van der Waals surface area (Å²) in [5.41, 5.74) is 0. The van der Waals surface area contributed by atoms with Crippen LogP contribution in [0.15, 0.2) is 0 Å². The predicted octanol–water partition coefficient (Wildman–Crippen LogP) is 3.49. The van der Waals surface area contributed by atoms with Gasteiger partial charge < -0.3 is 5.41 Å². The van der Waals surface area contributed by atoms with Crippen LogP contribution in [0.25, 0.3) is 0 Å². The van der Waals surface area contributed by atoms with Crippen molar-refractivity contribution in [2.75, 3.05) is 0 Å². The minimum Gasteiger partial charge on any atom is -0.313 e. The molecule has 0 aromatic carbocycles. The monoisotopic (exact) mass is 143 g/mol. The Balaban J connectivity index is 0. The summed E-state index contributed by atoms with van der Waals surface area (Å²) in [5, 5.41) is 6.61. The van der Waals surface area contributed by atoms with Gasteiger partial charge in [-0.25, -0.2) is 0 Å². The lowest BCUT2D eigenvalue weighted by Gasteiger charge is -1.91. The van der Waals surface area contributed by atoms with Gasteiger partial charge in [-0.05, 0) is 18.6 Å². The van der Waals surface area contributed by atoms with Crippen LogP contribution in [-0.4, -0.2) is 6.21 Å². The van der Waals surface area contributed by atoms with E-state index in [4.69, 9.17) is 5.41 Å². The highest BCUT2D eigenvalue weighted by atomic mass is 14.3. The van der Waals surface area contributed by atoms with Crippen LogP contribution in [0, 0.1) is 11.3 Å². The van der Waals surface area contributed by atoms with Crippen LogP contribution in [0.3, 0.4) is 0 Å². The van der Waals surface area contributed by atoms with Crippen molar-refractivity contribution in [1.82, 2.24) is 0 Å². The Hall–Kier alpha value is -0.330. The SMILES string of the molecule is CC(C)CC=N.CCCC. The summed E-state index contributed by atoms with van der Waals surface area (Å²) in [4.78, 5) is 0. The van der Waals surface area contributed by atoms with Crippen molar-refractivity contribution in [3.8, 4) is 0 Å². The summed E-state index contributed by atoms with van der Waals surface area (Å²) >= 11 is 0. The first kappa shape index (κ1) is 12.4. The highest BCUT2D eigenvalue weighted by molar-refractivity contribution is 5.52. The number of hydrogen-bond donors (Lipinski definition) is 1. The molecular weight excluding hydrogens is 122 g/mol. The van der Waals surface area contributed by atoms with Gasteiger partial charge in [-0.2, -0.15) is 0 Å². The van der Waals surface area contributed by atoms with Crippen molar-refractivity contribution in [1.29, 1.82) is 5.41 Å². The molecule has 0 unspecified atom stereocenters. The minimum atomic E-state index is 0.655. The highest BCUT2D eigenvalue weighted by Crippen LogP contribution is 1.92. The summed E-state index contributed by atoms with van der Waals surface area (Å²) in [7, 11) is 0. The molecule has 62 valence electrons. The fraction of sp³-hybridized carbons (Fsp3) is 0.889. The zero-order chi connectivity index (χ0) is 8.41. The summed E-state index contributed by atoms with van der Waals surface area (Å²) in [6.45, 7) is 8.57. The molecule has 0 radical (unpaired) electrons. The molecule has 0 rings (SSSR count). The molecule has 0 bridgehead atoms. The van der Waals surface area contributed by atoms with Crippen molar-refractivity contribution in [3.63, 3.8) is 0 Å². The van der Waals surface area contributed by atoms with Gasteiger partial charge in [0.25, 0.3) is 0 Å². The molecule has 0 aliphatic heterocycles. The van der Waals surface area contributed by atoms with E-state index in [9.17, 15) is 0 Å². The first-order chi connectivity index (χ1) is 4.68. The second-order valence-corrected chi connectivity index (χ2v) is 2.83. The van der Waals surface area contributed by atoms with E-state index in [1.165, 1.54) is 19.1 Å². The second kappa shape index (κ2) is 11.5. The van der Waals surface area contributed by atoms with E-state index in [2.05, 4.69) is 27.7 Å². The lowest BCUT2D eigenvalue weighted by molar-refractivity contribution is 0.689. The van der Waals surface area contributed by atoms with Gasteiger partial charge in [0.1, 0.15) is 0 Å². The van der Waals surface area contributed by atoms with Crippen molar-refractivity contribution in [2.45, 2.75) is 47.0 Å². The smallest absolute Gasteiger partial charge is 0.00452 e. The van der Waals surface area contributed by atoms with Crippen molar-refractivity contribution in [2.24, 2.45) is 5.92 Å². The lowest BCUT2D eigenvalue weighted by atomic mass is 10.2. The van der Waals surface area contributed by atoms with Crippen LogP contribution >= 0.6 is 0 Å².